The summed E-state index contributed by atoms with van der Waals surface area (Å²) in [6.45, 7) is 0. The van der Waals surface area contributed by atoms with Gasteiger partial charge < -0.3 is 0 Å². The molecule has 178 valence electrons. The summed E-state index contributed by atoms with van der Waals surface area (Å²) in [7, 11) is 0. The Morgan fingerprint density at radius 1 is 0.250 bits per heavy atom. The first-order chi connectivity index (χ1) is 17.3. The molecular weight excluding hydrogens is 474 g/mol. The number of halogens is 6. The van der Waals surface area contributed by atoms with Crippen molar-refractivity contribution in [2.24, 2.45) is 0 Å². The molecule has 0 heterocycles. The van der Waals surface area contributed by atoms with Gasteiger partial charge in [-0.1, -0.05) is 48.5 Å². The highest BCUT2D eigenvalue weighted by atomic mass is 19.2. The predicted octanol–water partition coefficient (Wildman–Crippen LogP) is 9.19. The number of benzene rings is 5. The third-order valence-corrected chi connectivity index (χ3v) is 5.91. The molecule has 0 aliphatic heterocycles. The second-order valence-corrected chi connectivity index (χ2v) is 8.16. The summed E-state index contributed by atoms with van der Waals surface area (Å²) in [5, 5.41) is 0. The van der Waals surface area contributed by atoms with E-state index in [1.807, 2.05) is 0 Å². The molecule has 0 aliphatic carbocycles. The van der Waals surface area contributed by atoms with Crippen molar-refractivity contribution in [1.29, 1.82) is 0 Å². The predicted molar refractivity (Wildman–Crippen MR) is 128 cm³/mol. The molecule has 0 nitrogen and oxygen atoms in total. The lowest BCUT2D eigenvalue weighted by molar-refractivity contribution is 0.514. The summed E-state index contributed by atoms with van der Waals surface area (Å²) < 4.78 is 86.8. The zero-order chi connectivity index (χ0) is 25.4. The van der Waals surface area contributed by atoms with E-state index in [1.54, 1.807) is 0 Å². The van der Waals surface area contributed by atoms with Crippen molar-refractivity contribution in [3.63, 3.8) is 0 Å². The summed E-state index contributed by atoms with van der Waals surface area (Å²) in [6, 6.07) is 20.1. The van der Waals surface area contributed by atoms with Gasteiger partial charge in [0.2, 0.25) is 0 Å². The van der Waals surface area contributed by atoms with Gasteiger partial charge in [-0.25, -0.2) is 26.3 Å². The van der Waals surface area contributed by atoms with Crippen LogP contribution in [0.15, 0.2) is 97.1 Å². The van der Waals surface area contributed by atoms with Crippen molar-refractivity contribution in [3.05, 3.63) is 132 Å². The monoisotopic (exact) mass is 490 g/mol. The minimum absolute atomic E-state index is 0.177. The maximum atomic E-state index is 15.9. The van der Waals surface area contributed by atoms with E-state index in [2.05, 4.69) is 0 Å². The van der Waals surface area contributed by atoms with Gasteiger partial charge in [0.05, 0.1) is 0 Å². The van der Waals surface area contributed by atoms with E-state index in [4.69, 9.17) is 0 Å². The van der Waals surface area contributed by atoms with E-state index in [1.165, 1.54) is 72.8 Å². The number of hydrogen-bond acceptors (Lipinski definition) is 0. The Balaban J connectivity index is 1.98. The molecule has 0 saturated carbocycles. The fourth-order valence-electron chi connectivity index (χ4n) is 4.27. The molecule has 0 fully saturated rings. The molecule has 5 rings (SSSR count). The first-order valence-corrected chi connectivity index (χ1v) is 10.9. The number of rotatable bonds is 4. The summed E-state index contributed by atoms with van der Waals surface area (Å²) in [5.74, 6) is -4.63. The van der Waals surface area contributed by atoms with Crippen LogP contribution in [-0.4, -0.2) is 0 Å². The van der Waals surface area contributed by atoms with Crippen LogP contribution in [-0.2, 0) is 0 Å². The highest BCUT2D eigenvalue weighted by molar-refractivity contribution is 6.02. The van der Waals surface area contributed by atoms with Crippen molar-refractivity contribution in [2.75, 3.05) is 0 Å². The molecule has 6 heteroatoms. The number of hydrogen-bond donors (Lipinski definition) is 0. The molecule has 0 radical (unpaired) electrons. The Morgan fingerprint density at radius 2 is 0.444 bits per heavy atom. The molecule has 0 spiro atoms. The van der Waals surface area contributed by atoms with E-state index in [0.717, 1.165) is 24.3 Å². The normalized spacial score (nSPS) is 11.1. The van der Waals surface area contributed by atoms with Crippen LogP contribution in [0.2, 0.25) is 0 Å². The van der Waals surface area contributed by atoms with Gasteiger partial charge in [-0.2, -0.15) is 0 Å². The average Bonchev–Trinajstić information content (AvgIpc) is 2.88. The van der Waals surface area contributed by atoms with E-state index in [0.29, 0.717) is 11.1 Å². The summed E-state index contributed by atoms with van der Waals surface area (Å²) in [6.07, 6.45) is 0. The van der Waals surface area contributed by atoms with Crippen molar-refractivity contribution in [2.45, 2.75) is 0 Å². The first-order valence-electron chi connectivity index (χ1n) is 10.9. The van der Waals surface area contributed by atoms with Crippen LogP contribution in [0.1, 0.15) is 0 Å². The SMILES string of the molecule is Fc1ccc(-c2c(F)c(F)c(-c3ccc(F)cc3)c(-c3ccc(F)cc3)c2-c2ccc(F)cc2)cc1. The van der Waals surface area contributed by atoms with Gasteiger partial charge in [-0.05, 0) is 70.8 Å². The topological polar surface area (TPSA) is 0 Å². The largest absolute Gasteiger partial charge is 0.207 e. The Hall–Kier alpha value is -4.32. The van der Waals surface area contributed by atoms with E-state index < -0.39 is 34.9 Å². The average molecular weight is 490 g/mol. The lowest BCUT2D eigenvalue weighted by Gasteiger charge is -2.22. The molecular formula is C30H16F6. The minimum Gasteiger partial charge on any atom is -0.207 e. The van der Waals surface area contributed by atoms with Gasteiger partial charge in [0.1, 0.15) is 23.3 Å². The van der Waals surface area contributed by atoms with Gasteiger partial charge in [-0.15, -0.1) is 0 Å². The summed E-state index contributed by atoms with van der Waals surface area (Å²) in [4.78, 5) is 0. The zero-order valence-electron chi connectivity index (χ0n) is 18.5. The van der Waals surface area contributed by atoms with Crippen LogP contribution in [0.5, 0.6) is 0 Å². The molecule has 0 bridgehead atoms. The van der Waals surface area contributed by atoms with Crippen LogP contribution < -0.4 is 0 Å². The quantitative estimate of drug-likeness (QED) is 0.220. The molecule has 0 N–H and O–H groups in total. The van der Waals surface area contributed by atoms with Crippen LogP contribution in [0.3, 0.4) is 0 Å². The molecule has 0 aromatic heterocycles. The Labute approximate surface area is 203 Å². The smallest absolute Gasteiger partial charge is 0.167 e. The second kappa shape index (κ2) is 9.38. The van der Waals surface area contributed by atoms with E-state index >= 15 is 8.78 Å². The van der Waals surface area contributed by atoms with Crippen molar-refractivity contribution < 1.29 is 26.3 Å². The van der Waals surface area contributed by atoms with Crippen molar-refractivity contribution >= 4 is 0 Å². The fourth-order valence-corrected chi connectivity index (χ4v) is 4.27. The fraction of sp³-hybridized carbons (Fsp3) is 0. The lowest BCUT2D eigenvalue weighted by Crippen LogP contribution is -2.03. The Morgan fingerprint density at radius 3 is 0.667 bits per heavy atom. The van der Waals surface area contributed by atoms with Gasteiger partial charge in [0, 0.05) is 22.3 Å². The second-order valence-electron chi connectivity index (χ2n) is 8.16. The third kappa shape index (κ3) is 4.26. The maximum Gasteiger partial charge on any atom is 0.167 e. The van der Waals surface area contributed by atoms with Gasteiger partial charge >= 0.3 is 0 Å². The van der Waals surface area contributed by atoms with Crippen LogP contribution in [0, 0.1) is 34.9 Å². The van der Waals surface area contributed by atoms with E-state index in [9.17, 15) is 17.6 Å². The molecule has 5 aromatic carbocycles. The molecule has 0 unspecified atom stereocenters. The van der Waals surface area contributed by atoms with E-state index in [-0.39, 0.29) is 33.4 Å². The standard InChI is InChI=1S/C30H16F6/c31-21-9-1-17(2-10-21)25-26(18-3-11-22(32)12-4-18)28(20-7-15-24(34)16-8-20)30(36)29(35)27(25)19-5-13-23(33)14-6-19/h1-16H. The maximum absolute atomic E-state index is 15.9. The van der Waals surface area contributed by atoms with Crippen LogP contribution >= 0.6 is 0 Å². The van der Waals surface area contributed by atoms with Crippen molar-refractivity contribution in [3.8, 4) is 44.5 Å². The molecule has 0 aliphatic rings. The summed E-state index contributed by atoms with van der Waals surface area (Å²) >= 11 is 0. The first kappa shape index (κ1) is 23.4. The summed E-state index contributed by atoms with van der Waals surface area (Å²) in [5.41, 5.74) is 1.07. The van der Waals surface area contributed by atoms with Gasteiger partial charge in [0.15, 0.2) is 11.6 Å². The molecule has 5 aromatic rings. The highest BCUT2D eigenvalue weighted by Crippen LogP contribution is 2.48. The third-order valence-electron chi connectivity index (χ3n) is 5.91. The minimum atomic E-state index is -1.22. The molecule has 0 saturated heterocycles. The van der Waals surface area contributed by atoms with Gasteiger partial charge in [-0.3, -0.25) is 0 Å². The lowest BCUT2D eigenvalue weighted by atomic mass is 9.82. The van der Waals surface area contributed by atoms with Crippen LogP contribution in [0.4, 0.5) is 26.3 Å². The van der Waals surface area contributed by atoms with Gasteiger partial charge in [0.25, 0.3) is 0 Å². The van der Waals surface area contributed by atoms with Crippen LogP contribution in [0.25, 0.3) is 44.5 Å². The molecule has 36 heavy (non-hydrogen) atoms. The Bertz CT molecular complexity index is 1420. The zero-order valence-corrected chi connectivity index (χ0v) is 18.5. The Kier molecular flexibility index (Phi) is 6.10. The van der Waals surface area contributed by atoms with Crippen molar-refractivity contribution in [1.82, 2.24) is 0 Å². The molecule has 0 amide bonds. The highest BCUT2D eigenvalue weighted by Gasteiger charge is 2.28. The molecule has 0 atom stereocenters.